The maximum Gasteiger partial charge on any atom is 0.0473 e. The van der Waals surface area contributed by atoms with E-state index in [-0.39, 0.29) is 0 Å². The summed E-state index contributed by atoms with van der Waals surface area (Å²) in [7, 11) is 0. The van der Waals surface area contributed by atoms with Crippen LogP contribution in [0.2, 0.25) is 0 Å². The lowest BCUT2D eigenvalue weighted by Crippen LogP contribution is -2.10. The van der Waals surface area contributed by atoms with Crippen molar-refractivity contribution in [2.75, 3.05) is 4.90 Å². The average Bonchev–Trinajstić information content (AvgIpc) is 2.86. The number of hydrogen-bond acceptors (Lipinski definition) is 1. The highest BCUT2D eigenvalue weighted by Crippen LogP contribution is 2.39. The van der Waals surface area contributed by atoms with Gasteiger partial charge in [-0.25, -0.2) is 0 Å². The molecule has 0 N–H and O–H groups in total. The molecule has 5 rings (SSSR count). The summed E-state index contributed by atoms with van der Waals surface area (Å²) in [6.45, 7) is 0. The van der Waals surface area contributed by atoms with E-state index in [1.807, 2.05) is 0 Å². The van der Waals surface area contributed by atoms with Crippen LogP contribution >= 0.6 is 0 Å². The van der Waals surface area contributed by atoms with Gasteiger partial charge < -0.3 is 4.90 Å². The van der Waals surface area contributed by atoms with E-state index in [2.05, 4.69) is 144 Å². The fourth-order valence-corrected chi connectivity index (χ4v) is 3.94. The average molecular weight is 398 g/mol. The molecular formula is C30H23N. The molecule has 0 saturated carbocycles. The molecule has 5 aromatic rings. The Kier molecular flexibility index (Phi) is 5.32. The number of para-hydroxylation sites is 2. The highest BCUT2D eigenvalue weighted by atomic mass is 15.1. The molecule has 0 radical (unpaired) electrons. The number of rotatable bonds is 5. The first-order chi connectivity index (χ1) is 15.4. The summed E-state index contributed by atoms with van der Waals surface area (Å²) in [6, 6.07) is 49.1. The van der Waals surface area contributed by atoms with Crippen LogP contribution in [-0.4, -0.2) is 0 Å². The first-order valence-corrected chi connectivity index (χ1v) is 10.5. The van der Waals surface area contributed by atoms with Gasteiger partial charge in [0.2, 0.25) is 0 Å². The zero-order chi connectivity index (χ0) is 20.9. The van der Waals surface area contributed by atoms with Gasteiger partial charge in [0.15, 0.2) is 0 Å². The van der Waals surface area contributed by atoms with Crippen LogP contribution in [-0.2, 0) is 0 Å². The van der Waals surface area contributed by atoms with Crippen molar-refractivity contribution in [2.45, 2.75) is 0 Å². The second-order valence-corrected chi connectivity index (χ2v) is 7.51. The van der Waals surface area contributed by atoms with E-state index in [0.29, 0.717) is 0 Å². The molecule has 0 saturated heterocycles. The van der Waals surface area contributed by atoms with Gasteiger partial charge in [-0.15, -0.1) is 0 Å². The molecule has 0 bridgehead atoms. The number of hydrogen-bond donors (Lipinski definition) is 0. The quantitative estimate of drug-likeness (QED) is 0.287. The van der Waals surface area contributed by atoms with Crippen molar-refractivity contribution in [1.82, 2.24) is 0 Å². The van der Waals surface area contributed by atoms with E-state index in [4.69, 9.17) is 0 Å². The van der Waals surface area contributed by atoms with Crippen molar-refractivity contribution in [1.29, 1.82) is 0 Å². The summed E-state index contributed by atoms with van der Waals surface area (Å²) in [5.41, 5.74) is 8.24. The first-order valence-electron chi connectivity index (χ1n) is 10.5. The zero-order valence-corrected chi connectivity index (χ0v) is 17.2. The largest absolute Gasteiger partial charge is 0.310 e. The van der Waals surface area contributed by atoms with Crippen LogP contribution < -0.4 is 4.90 Å². The van der Waals surface area contributed by atoms with Crippen molar-refractivity contribution >= 4 is 17.1 Å². The molecule has 0 unspecified atom stereocenters. The molecule has 1 nitrogen and oxygen atoms in total. The van der Waals surface area contributed by atoms with Crippen LogP contribution in [0, 0.1) is 0 Å². The first kappa shape index (κ1) is 18.9. The Morgan fingerprint density at radius 3 is 1.03 bits per heavy atom. The molecule has 0 aliphatic rings. The Hall–Kier alpha value is -4.10. The minimum absolute atomic E-state index is 1.14. The molecule has 0 spiro atoms. The van der Waals surface area contributed by atoms with E-state index >= 15 is 0 Å². The van der Waals surface area contributed by atoms with Gasteiger partial charge in [0.05, 0.1) is 0 Å². The molecule has 5 aromatic carbocycles. The van der Waals surface area contributed by atoms with Gasteiger partial charge in [0.1, 0.15) is 0 Å². The molecular weight excluding hydrogens is 374 g/mol. The maximum atomic E-state index is 2.32. The summed E-state index contributed by atoms with van der Waals surface area (Å²) in [6.07, 6.45) is 0. The number of anilines is 3. The smallest absolute Gasteiger partial charge is 0.0473 e. The van der Waals surface area contributed by atoms with E-state index in [1.54, 1.807) is 0 Å². The third-order valence-corrected chi connectivity index (χ3v) is 5.42. The zero-order valence-electron chi connectivity index (χ0n) is 17.2. The van der Waals surface area contributed by atoms with Gasteiger partial charge in [-0.3, -0.25) is 0 Å². The van der Waals surface area contributed by atoms with Crippen molar-refractivity contribution < 1.29 is 0 Å². The molecule has 0 fully saturated rings. The molecule has 148 valence electrons. The maximum absolute atomic E-state index is 2.32. The second kappa shape index (κ2) is 8.73. The standard InChI is InChI=1S/C30H23N/c1-5-13-24(14-6-1)26-21-27(25-15-7-2-8-16-25)23-30(22-26)31(28-17-9-3-10-18-28)29-19-11-4-12-20-29/h1-23H. The molecule has 0 aliphatic carbocycles. The normalized spacial score (nSPS) is 10.6. The topological polar surface area (TPSA) is 3.24 Å². The Balaban J connectivity index is 1.74. The molecule has 0 atom stereocenters. The summed E-state index contributed by atoms with van der Waals surface area (Å²) < 4.78 is 0. The lowest BCUT2D eigenvalue weighted by molar-refractivity contribution is 1.28. The van der Waals surface area contributed by atoms with Gasteiger partial charge in [-0.05, 0) is 64.7 Å². The van der Waals surface area contributed by atoms with E-state index in [9.17, 15) is 0 Å². The minimum Gasteiger partial charge on any atom is -0.310 e. The highest BCUT2D eigenvalue weighted by Gasteiger charge is 2.15. The van der Waals surface area contributed by atoms with Gasteiger partial charge in [0, 0.05) is 17.1 Å². The summed E-state index contributed by atoms with van der Waals surface area (Å²) in [5, 5.41) is 0. The summed E-state index contributed by atoms with van der Waals surface area (Å²) >= 11 is 0. The molecule has 0 aromatic heterocycles. The Morgan fingerprint density at radius 1 is 0.290 bits per heavy atom. The van der Waals surface area contributed by atoms with Crippen molar-refractivity contribution in [3.8, 4) is 22.3 Å². The van der Waals surface area contributed by atoms with E-state index in [1.165, 1.54) is 22.3 Å². The van der Waals surface area contributed by atoms with Crippen LogP contribution in [0.5, 0.6) is 0 Å². The minimum atomic E-state index is 1.14. The molecule has 1 heteroatoms. The molecule has 0 aliphatic heterocycles. The van der Waals surface area contributed by atoms with Crippen LogP contribution in [0.25, 0.3) is 22.3 Å². The van der Waals surface area contributed by atoms with Gasteiger partial charge in [-0.1, -0.05) is 97.1 Å². The SMILES string of the molecule is c1ccc(-c2cc(-c3ccccc3)cc(N(c3ccccc3)c3ccccc3)c2)cc1. The van der Waals surface area contributed by atoms with Gasteiger partial charge >= 0.3 is 0 Å². The lowest BCUT2D eigenvalue weighted by Gasteiger charge is -2.26. The summed E-state index contributed by atoms with van der Waals surface area (Å²) in [4.78, 5) is 2.32. The fraction of sp³-hybridized carbons (Fsp3) is 0. The molecule has 31 heavy (non-hydrogen) atoms. The molecule has 0 heterocycles. The predicted octanol–water partition coefficient (Wildman–Crippen LogP) is 8.49. The van der Waals surface area contributed by atoms with Gasteiger partial charge in [0.25, 0.3) is 0 Å². The van der Waals surface area contributed by atoms with Crippen LogP contribution in [0.3, 0.4) is 0 Å². The third kappa shape index (κ3) is 4.12. The number of nitrogens with zero attached hydrogens (tertiary/aromatic N) is 1. The van der Waals surface area contributed by atoms with Crippen molar-refractivity contribution in [2.24, 2.45) is 0 Å². The second-order valence-electron chi connectivity index (χ2n) is 7.51. The molecule has 0 amide bonds. The van der Waals surface area contributed by atoms with Crippen LogP contribution in [0.15, 0.2) is 140 Å². The van der Waals surface area contributed by atoms with Crippen LogP contribution in [0.4, 0.5) is 17.1 Å². The fourth-order valence-electron chi connectivity index (χ4n) is 3.94. The Labute approximate surface area is 183 Å². The van der Waals surface area contributed by atoms with Crippen molar-refractivity contribution in [3.05, 3.63) is 140 Å². The monoisotopic (exact) mass is 397 g/mol. The van der Waals surface area contributed by atoms with Crippen molar-refractivity contribution in [3.63, 3.8) is 0 Å². The van der Waals surface area contributed by atoms with E-state index < -0.39 is 0 Å². The van der Waals surface area contributed by atoms with Crippen LogP contribution in [0.1, 0.15) is 0 Å². The Bertz CT molecular complexity index is 1150. The predicted molar refractivity (Wildman–Crippen MR) is 132 cm³/mol. The third-order valence-electron chi connectivity index (χ3n) is 5.42. The lowest BCUT2D eigenvalue weighted by atomic mass is 9.97. The highest BCUT2D eigenvalue weighted by molar-refractivity contribution is 5.84. The Morgan fingerprint density at radius 2 is 0.645 bits per heavy atom. The number of benzene rings is 5. The van der Waals surface area contributed by atoms with E-state index in [0.717, 1.165) is 17.1 Å². The summed E-state index contributed by atoms with van der Waals surface area (Å²) in [5.74, 6) is 0. The van der Waals surface area contributed by atoms with Gasteiger partial charge in [-0.2, -0.15) is 0 Å².